The maximum atomic E-state index is 13.3. The summed E-state index contributed by atoms with van der Waals surface area (Å²) in [6, 6.07) is 4.12. The number of benzene rings is 1. The molecule has 0 aliphatic rings. The highest BCUT2D eigenvalue weighted by atomic mass is 16.6. The van der Waals surface area contributed by atoms with Crippen molar-refractivity contribution in [2.75, 3.05) is 43.0 Å². The molecule has 16 nitrogen and oxygen atoms in total. The number of carbonyl (C=O) groups is 5. The number of hydrogen-bond donors (Lipinski definition) is 9. The van der Waals surface area contributed by atoms with E-state index in [1.807, 2.05) is 37.8 Å². The maximum Gasteiger partial charge on any atom is 0.408 e. The molecule has 16 heteroatoms. The van der Waals surface area contributed by atoms with Crippen molar-refractivity contribution in [3.8, 4) is 0 Å². The molecule has 0 fully saturated rings. The largest absolute Gasteiger partial charge is 0.444 e. The van der Waals surface area contributed by atoms with Crippen LogP contribution in [0.15, 0.2) is 24.3 Å². The van der Waals surface area contributed by atoms with Gasteiger partial charge in [-0.05, 0) is 83.1 Å². The minimum Gasteiger partial charge on any atom is -0.444 e. The van der Waals surface area contributed by atoms with Crippen molar-refractivity contribution < 1.29 is 33.8 Å². The fourth-order valence-electron chi connectivity index (χ4n) is 4.84. The number of anilines is 2. The van der Waals surface area contributed by atoms with Crippen molar-refractivity contribution in [1.29, 1.82) is 5.41 Å². The van der Waals surface area contributed by atoms with E-state index in [0.29, 0.717) is 31.7 Å². The highest BCUT2D eigenvalue weighted by molar-refractivity contribution is 5.98. The van der Waals surface area contributed by atoms with E-state index in [2.05, 4.69) is 31.9 Å². The average molecular weight is 706 g/mol. The predicted octanol–water partition coefficient (Wildman–Crippen LogP) is 1.39. The number of nitrogens with zero attached hydrogens (tertiary/aromatic N) is 1. The number of hydrogen-bond acceptors (Lipinski definition) is 9. The summed E-state index contributed by atoms with van der Waals surface area (Å²) in [6.07, 6.45) is 0.102. The standard InChI is InChI=1S/C34H59N9O7/c1-9-43(17-18-44)24-14-12-23(13-15-24)39-30(47)25(11-10-16-37-32(35)36)40-27(45)20-38-29(46)26(19-21(2)3)41-31(48)28(22(4)5)42-33(49)50-34(6,7)8/h12-15,21-22,25-26,28,44H,9-11,16-20H2,1-8H3,(H,38,46)(H,39,47)(H,40,45)(H,41,48)(H,42,49)(H4,35,36,37)/t25-,26-,28-/m0/s1. The Kier molecular flexibility index (Phi) is 18.7. The molecule has 1 aromatic rings. The number of guanidine groups is 1. The number of likely N-dealkylation sites (N-methyl/N-ethyl adjacent to an activating group) is 1. The fraction of sp³-hybridized carbons (Fsp3) is 0.647. The lowest BCUT2D eigenvalue weighted by Crippen LogP contribution is -2.57. The zero-order chi connectivity index (χ0) is 38.0. The molecule has 0 radical (unpaired) electrons. The van der Waals surface area contributed by atoms with E-state index < -0.39 is 60.0 Å². The molecule has 0 bridgehead atoms. The minimum atomic E-state index is -1.00. The summed E-state index contributed by atoms with van der Waals surface area (Å²) in [5, 5.41) is 32.6. The molecule has 0 aromatic heterocycles. The summed E-state index contributed by atoms with van der Waals surface area (Å²) in [6.45, 7) is 15.4. The SMILES string of the molecule is CCN(CCO)c1ccc(NC(=O)[C@H](CCCNC(=N)N)NC(=O)CNC(=O)[C@H](CC(C)C)NC(=O)[C@@H](NC(=O)OC(C)(C)C)C(C)C)cc1. The molecule has 1 aromatic carbocycles. The smallest absolute Gasteiger partial charge is 0.408 e. The summed E-state index contributed by atoms with van der Waals surface area (Å²) < 4.78 is 5.29. The van der Waals surface area contributed by atoms with Gasteiger partial charge in [0, 0.05) is 31.0 Å². The van der Waals surface area contributed by atoms with Crippen LogP contribution in [0.2, 0.25) is 0 Å². The molecule has 0 saturated heterocycles. The second-order valence-electron chi connectivity index (χ2n) is 13.7. The lowest BCUT2D eigenvalue weighted by atomic mass is 10.00. The number of aliphatic hydroxyl groups is 1. The van der Waals surface area contributed by atoms with Crippen LogP contribution in [-0.4, -0.2) is 97.3 Å². The van der Waals surface area contributed by atoms with Gasteiger partial charge in [-0.15, -0.1) is 0 Å². The first-order valence-electron chi connectivity index (χ1n) is 17.1. The number of alkyl carbamates (subject to hydrolysis) is 1. The topological polar surface area (TPSA) is 240 Å². The molecule has 1 rings (SSSR count). The van der Waals surface area contributed by atoms with E-state index in [0.717, 1.165) is 5.69 Å². The third-order valence-electron chi connectivity index (χ3n) is 7.27. The molecular formula is C34H59N9O7. The Labute approximate surface area is 295 Å². The fourth-order valence-corrected chi connectivity index (χ4v) is 4.84. The number of amides is 5. The Morgan fingerprint density at radius 2 is 1.56 bits per heavy atom. The molecule has 0 unspecified atom stereocenters. The van der Waals surface area contributed by atoms with Crippen molar-refractivity contribution in [2.45, 2.75) is 98.4 Å². The Morgan fingerprint density at radius 3 is 2.08 bits per heavy atom. The molecule has 3 atom stereocenters. The highest BCUT2D eigenvalue weighted by Gasteiger charge is 2.31. The van der Waals surface area contributed by atoms with Crippen molar-refractivity contribution in [2.24, 2.45) is 17.6 Å². The Balaban J connectivity index is 2.97. The number of carbonyl (C=O) groups excluding carboxylic acids is 5. The summed E-state index contributed by atoms with van der Waals surface area (Å²) in [5.74, 6) is -2.82. The van der Waals surface area contributed by atoms with Crippen LogP contribution >= 0.6 is 0 Å². The minimum absolute atomic E-state index is 0.00155. The van der Waals surface area contributed by atoms with Gasteiger partial charge in [0.1, 0.15) is 23.7 Å². The van der Waals surface area contributed by atoms with E-state index in [-0.39, 0.29) is 37.2 Å². The van der Waals surface area contributed by atoms with Gasteiger partial charge in [0.2, 0.25) is 23.6 Å². The van der Waals surface area contributed by atoms with Crippen LogP contribution in [0.1, 0.15) is 74.7 Å². The molecule has 0 heterocycles. The molecule has 10 N–H and O–H groups in total. The Hall–Kier alpha value is -4.60. The lowest BCUT2D eigenvalue weighted by molar-refractivity contribution is -0.132. The summed E-state index contributed by atoms with van der Waals surface area (Å²) >= 11 is 0. The van der Waals surface area contributed by atoms with E-state index in [4.69, 9.17) is 15.9 Å². The number of nitrogens with two attached hydrogens (primary N) is 1. The molecular weight excluding hydrogens is 646 g/mol. The third kappa shape index (κ3) is 17.2. The average Bonchev–Trinajstić information content (AvgIpc) is 3.01. The van der Waals surface area contributed by atoms with Crippen LogP contribution in [0.5, 0.6) is 0 Å². The number of ether oxygens (including phenoxy) is 1. The number of nitrogens with one attached hydrogen (secondary N) is 7. The second-order valence-corrected chi connectivity index (χ2v) is 13.7. The molecule has 0 aliphatic heterocycles. The van der Waals surface area contributed by atoms with Gasteiger partial charge in [-0.2, -0.15) is 0 Å². The normalized spacial score (nSPS) is 13.0. The van der Waals surface area contributed by atoms with E-state index >= 15 is 0 Å². The monoisotopic (exact) mass is 705 g/mol. The van der Waals surface area contributed by atoms with Gasteiger partial charge < -0.3 is 52.4 Å². The molecule has 0 spiro atoms. The molecule has 5 amide bonds. The van der Waals surface area contributed by atoms with Gasteiger partial charge in [-0.25, -0.2) is 4.79 Å². The van der Waals surface area contributed by atoms with Gasteiger partial charge in [0.15, 0.2) is 5.96 Å². The van der Waals surface area contributed by atoms with Gasteiger partial charge in [-0.3, -0.25) is 24.6 Å². The quantitative estimate of drug-likeness (QED) is 0.0537. The summed E-state index contributed by atoms with van der Waals surface area (Å²) in [7, 11) is 0. The van der Waals surface area contributed by atoms with E-state index in [1.54, 1.807) is 46.8 Å². The van der Waals surface area contributed by atoms with Crippen molar-refractivity contribution in [3.05, 3.63) is 24.3 Å². The Morgan fingerprint density at radius 1 is 0.920 bits per heavy atom. The van der Waals surface area contributed by atoms with Crippen LogP contribution in [0.3, 0.4) is 0 Å². The van der Waals surface area contributed by atoms with Crippen molar-refractivity contribution in [3.63, 3.8) is 0 Å². The van der Waals surface area contributed by atoms with Crippen LogP contribution in [0.4, 0.5) is 16.2 Å². The summed E-state index contributed by atoms with van der Waals surface area (Å²) in [5.41, 5.74) is 5.97. The highest BCUT2D eigenvalue weighted by Crippen LogP contribution is 2.18. The van der Waals surface area contributed by atoms with Gasteiger partial charge >= 0.3 is 6.09 Å². The third-order valence-corrected chi connectivity index (χ3v) is 7.27. The van der Waals surface area contributed by atoms with Crippen LogP contribution in [0.25, 0.3) is 0 Å². The number of rotatable bonds is 20. The first-order valence-corrected chi connectivity index (χ1v) is 17.1. The first kappa shape index (κ1) is 43.4. The van der Waals surface area contributed by atoms with Gasteiger partial charge in [-0.1, -0.05) is 27.7 Å². The maximum absolute atomic E-state index is 13.3. The van der Waals surface area contributed by atoms with Crippen LogP contribution in [0, 0.1) is 17.2 Å². The first-order chi connectivity index (χ1) is 23.4. The van der Waals surface area contributed by atoms with Crippen molar-refractivity contribution in [1.82, 2.24) is 26.6 Å². The molecule has 50 heavy (non-hydrogen) atoms. The second kappa shape index (κ2) is 21.5. The molecule has 282 valence electrons. The zero-order valence-electron chi connectivity index (χ0n) is 30.8. The zero-order valence-corrected chi connectivity index (χ0v) is 30.8. The number of aliphatic hydroxyl groups excluding tert-OH is 1. The van der Waals surface area contributed by atoms with Gasteiger partial charge in [0.25, 0.3) is 0 Å². The van der Waals surface area contributed by atoms with Crippen molar-refractivity contribution >= 4 is 47.1 Å². The van der Waals surface area contributed by atoms with Crippen LogP contribution < -0.4 is 42.5 Å². The van der Waals surface area contributed by atoms with E-state index in [9.17, 15) is 29.1 Å². The van der Waals surface area contributed by atoms with Crippen LogP contribution in [-0.2, 0) is 23.9 Å². The predicted molar refractivity (Wildman–Crippen MR) is 194 cm³/mol. The molecule has 0 aliphatic carbocycles. The summed E-state index contributed by atoms with van der Waals surface area (Å²) in [4.78, 5) is 67.1. The lowest BCUT2D eigenvalue weighted by Gasteiger charge is -2.27. The van der Waals surface area contributed by atoms with Gasteiger partial charge in [0.05, 0.1) is 13.2 Å². The Bertz CT molecular complexity index is 1270. The molecule has 0 saturated carbocycles. The van der Waals surface area contributed by atoms with E-state index in [1.165, 1.54) is 0 Å².